The van der Waals surface area contributed by atoms with E-state index in [4.69, 9.17) is 0 Å². The minimum atomic E-state index is -0.557. The molecule has 24 heavy (non-hydrogen) atoms. The Balaban J connectivity index is 1.82. The third-order valence-electron chi connectivity index (χ3n) is 3.58. The van der Waals surface area contributed by atoms with E-state index in [1.54, 1.807) is 43.2 Å². The lowest BCUT2D eigenvalue weighted by atomic mass is 10.2. The average Bonchev–Trinajstić information content (AvgIpc) is 3.14. The van der Waals surface area contributed by atoms with Crippen LogP contribution in [0.5, 0.6) is 5.75 Å². The van der Waals surface area contributed by atoms with Gasteiger partial charge in [-0.25, -0.2) is 9.07 Å². The minimum absolute atomic E-state index is 0.146. The maximum absolute atomic E-state index is 13.8. The maximum atomic E-state index is 13.8. The van der Waals surface area contributed by atoms with Gasteiger partial charge in [0.15, 0.2) is 11.4 Å². The number of rotatable bonds is 4. The fraction of sp³-hybridized carbons (Fsp3) is 0.188. The molecular formula is C16H16FN5O2. The van der Waals surface area contributed by atoms with Gasteiger partial charge in [0.2, 0.25) is 0 Å². The van der Waals surface area contributed by atoms with Crippen molar-refractivity contribution in [2.75, 3.05) is 0 Å². The Bertz CT molecular complexity index is 886. The number of benzene rings is 1. The van der Waals surface area contributed by atoms with E-state index >= 15 is 0 Å². The average molecular weight is 329 g/mol. The number of para-hydroxylation sites is 1. The first-order valence-corrected chi connectivity index (χ1v) is 7.28. The molecule has 124 valence electrons. The first-order chi connectivity index (χ1) is 11.5. The molecule has 0 aliphatic heterocycles. The van der Waals surface area contributed by atoms with Crippen molar-refractivity contribution in [1.82, 2.24) is 24.9 Å². The summed E-state index contributed by atoms with van der Waals surface area (Å²) in [5, 5.41) is 20.7. The lowest BCUT2D eigenvalue weighted by Crippen LogP contribution is -2.27. The largest absolute Gasteiger partial charge is 0.504 e. The fourth-order valence-corrected chi connectivity index (χ4v) is 2.30. The minimum Gasteiger partial charge on any atom is -0.504 e. The summed E-state index contributed by atoms with van der Waals surface area (Å²) in [4.78, 5) is 12.3. The summed E-state index contributed by atoms with van der Waals surface area (Å²) in [5.74, 6) is -1.39. The Morgan fingerprint density at radius 3 is 2.75 bits per heavy atom. The third-order valence-corrected chi connectivity index (χ3v) is 3.58. The number of hydrogen-bond donors (Lipinski definition) is 2. The molecule has 3 rings (SSSR count). The van der Waals surface area contributed by atoms with Crippen molar-refractivity contribution in [3.8, 4) is 11.4 Å². The number of hydrogen-bond acceptors (Lipinski definition) is 4. The van der Waals surface area contributed by atoms with Crippen molar-refractivity contribution in [3.05, 3.63) is 59.9 Å². The van der Waals surface area contributed by atoms with Crippen LogP contribution in [0.25, 0.3) is 5.69 Å². The van der Waals surface area contributed by atoms with Gasteiger partial charge >= 0.3 is 0 Å². The third kappa shape index (κ3) is 2.98. The van der Waals surface area contributed by atoms with Gasteiger partial charge in [0, 0.05) is 18.8 Å². The maximum Gasteiger partial charge on any atom is 0.276 e. The number of halogens is 1. The van der Waals surface area contributed by atoms with E-state index in [1.165, 1.54) is 18.3 Å². The summed E-state index contributed by atoms with van der Waals surface area (Å²) in [7, 11) is 1.78. The topological polar surface area (TPSA) is 85.0 Å². The summed E-state index contributed by atoms with van der Waals surface area (Å²) in [6, 6.07) is 5.65. The van der Waals surface area contributed by atoms with Gasteiger partial charge in [-0.2, -0.15) is 10.2 Å². The normalized spacial score (nSPS) is 12.1. The lowest BCUT2D eigenvalue weighted by Gasteiger charge is -2.10. The Labute approximate surface area is 137 Å². The highest BCUT2D eigenvalue weighted by Crippen LogP contribution is 2.21. The smallest absolute Gasteiger partial charge is 0.276 e. The number of carbonyl (C=O) groups excluding carboxylic acids is 1. The van der Waals surface area contributed by atoms with Crippen molar-refractivity contribution in [2.24, 2.45) is 7.05 Å². The van der Waals surface area contributed by atoms with E-state index in [1.807, 2.05) is 0 Å². The molecule has 2 aromatic heterocycles. The molecule has 0 spiro atoms. The second-order valence-electron chi connectivity index (χ2n) is 5.40. The zero-order chi connectivity index (χ0) is 17.3. The lowest BCUT2D eigenvalue weighted by molar-refractivity contribution is 0.0931. The van der Waals surface area contributed by atoms with Gasteiger partial charge in [-0.05, 0) is 19.1 Å². The van der Waals surface area contributed by atoms with Gasteiger partial charge in [0.25, 0.3) is 5.91 Å². The Hall–Kier alpha value is -3.16. The van der Waals surface area contributed by atoms with E-state index in [0.29, 0.717) is 0 Å². The second-order valence-corrected chi connectivity index (χ2v) is 5.40. The molecule has 8 heteroatoms. The molecule has 0 unspecified atom stereocenters. The van der Waals surface area contributed by atoms with Gasteiger partial charge in [-0.1, -0.05) is 12.1 Å². The van der Waals surface area contributed by atoms with E-state index in [2.05, 4.69) is 15.5 Å². The number of nitrogens with zero attached hydrogens (tertiary/aromatic N) is 4. The summed E-state index contributed by atoms with van der Waals surface area (Å²) in [5.41, 5.74) is 0.792. The standard InChI is InChI=1S/C16H16FN5O2/c1-10(11-7-18-21(2)8-11)19-16(24)15-14(23)9-22(20-15)13-6-4-3-5-12(13)17/h3-10,23H,1-2H3,(H,19,24)/t10-/m0/s1. The predicted octanol–water partition coefficient (Wildman–Crippen LogP) is 1.94. The SMILES string of the molecule is C[C@H](NC(=O)c1nn(-c2ccccc2F)cc1O)c1cnn(C)c1. The fourth-order valence-electron chi connectivity index (χ4n) is 2.30. The van der Waals surface area contributed by atoms with Crippen molar-refractivity contribution >= 4 is 5.91 Å². The zero-order valence-electron chi connectivity index (χ0n) is 13.1. The Kier molecular flexibility index (Phi) is 4.03. The first-order valence-electron chi connectivity index (χ1n) is 7.28. The van der Waals surface area contributed by atoms with Crippen LogP contribution >= 0.6 is 0 Å². The highest BCUT2D eigenvalue weighted by molar-refractivity contribution is 5.95. The molecule has 2 N–H and O–H groups in total. The number of aromatic hydroxyl groups is 1. The van der Waals surface area contributed by atoms with E-state index in [9.17, 15) is 14.3 Å². The van der Waals surface area contributed by atoms with Crippen molar-refractivity contribution in [1.29, 1.82) is 0 Å². The van der Waals surface area contributed by atoms with Crippen LogP contribution in [-0.2, 0) is 7.05 Å². The van der Waals surface area contributed by atoms with Gasteiger partial charge < -0.3 is 10.4 Å². The molecule has 0 saturated heterocycles. The molecule has 1 aromatic carbocycles. The monoisotopic (exact) mass is 329 g/mol. The molecule has 0 aliphatic rings. The molecule has 1 atom stereocenters. The second kappa shape index (κ2) is 6.15. The summed E-state index contributed by atoms with van der Waals surface area (Å²) >= 11 is 0. The number of carbonyl (C=O) groups is 1. The molecule has 0 saturated carbocycles. The van der Waals surface area contributed by atoms with Crippen LogP contribution in [0.15, 0.2) is 42.9 Å². The summed E-state index contributed by atoms with van der Waals surface area (Å²) in [6.07, 6.45) is 4.62. The number of aromatic nitrogens is 4. The molecule has 0 aliphatic carbocycles. The van der Waals surface area contributed by atoms with Gasteiger partial charge in [-0.3, -0.25) is 9.48 Å². The predicted molar refractivity (Wildman–Crippen MR) is 84.3 cm³/mol. The zero-order valence-corrected chi connectivity index (χ0v) is 13.1. The van der Waals surface area contributed by atoms with Crippen LogP contribution in [-0.4, -0.2) is 30.6 Å². The molecular weight excluding hydrogens is 313 g/mol. The van der Waals surface area contributed by atoms with Gasteiger partial charge in [-0.15, -0.1) is 0 Å². The summed E-state index contributed by atoms with van der Waals surface area (Å²) < 4.78 is 16.6. The summed E-state index contributed by atoms with van der Waals surface area (Å²) in [6.45, 7) is 1.79. The number of nitrogens with one attached hydrogen (secondary N) is 1. The molecule has 7 nitrogen and oxygen atoms in total. The van der Waals surface area contributed by atoms with Crippen molar-refractivity contribution in [2.45, 2.75) is 13.0 Å². The van der Waals surface area contributed by atoms with Crippen LogP contribution in [0.4, 0.5) is 4.39 Å². The van der Waals surface area contributed by atoms with Gasteiger partial charge in [0.05, 0.1) is 18.4 Å². The van der Waals surface area contributed by atoms with E-state index in [0.717, 1.165) is 10.2 Å². The van der Waals surface area contributed by atoms with Crippen LogP contribution in [0.2, 0.25) is 0 Å². The van der Waals surface area contributed by atoms with Crippen molar-refractivity contribution in [3.63, 3.8) is 0 Å². The van der Waals surface area contributed by atoms with Crippen molar-refractivity contribution < 1.29 is 14.3 Å². The molecule has 3 aromatic rings. The molecule has 1 amide bonds. The number of aryl methyl sites for hydroxylation is 1. The van der Waals surface area contributed by atoms with E-state index < -0.39 is 11.7 Å². The quantitative estimate of drug-likeness (QED) is 0.766. The Morgan fingerprint density at radius 1 is 1.33 bits per heavy atom. The first kappa shape index (κ1) is 15.7. The molecule has 0 bridgehead atoms. The Morgan fingerprint density at radius 2 is 2.08 bits per heavy atom. The number of amides is 1. The highest BCUT2D eigenvalue weighted by Gasteiger charge is 2.20. The van der Waals surface area contributed by atoms with E-state index in [-0.39, 0.29) is 23.2 Å². The van der Waals surface area contributed by atoms with Gasteiger partial charge in [0.1, 0.15) is 11.5 Å². The molecule has 0 fully saturated rings. The van der Waals surface area contributed by atoms with Crippen LogP contribution in [0.3, 0.4) is 0 Å². The molecule has 0 radical (unpaired) electrons. The van der Waals surface area contributed by atoms with Crippen LogP contribution in [0, 0.1) is 5.82 Å². The van der Waals surface area contributed by atoms with Crippen LogP contribution < -0.4 is 5.32 Å². The van der Waals surface area contributed by atoms with Crippen LogP contribution in [0.1, 0.15) is 29.0 Å². The molecule has 2 heterocycles. The highest BCUT2D eigenvalue weighted by atomic mass is 19.1.